The molecule has 1 aromatic rings. The molecule has 1 fully saturated rings. The van der Waals surface area contributed by atoms with Gasteiger partial charge in [-0.1, -0.05) is 25.4 Å². The molecule has 114 valence electrons. The highest BCUT2D eigenvalue weighted by Crippen LogP contribution is 2.42. The van der Waals surface area contributed by atoms with Crippen molar-refractivity contribution >= 4 is 23.2 Å². The van der Waals surface area contributed by atoms with Gasteiger partial charge in [0.25, 0.3) is 11.6 Å². The molecule has 1 saturated carbocycles. The Hall–Kier alpha value is -1.66. The van der Waals surface area contributed by atoms with Crippen LogP contribution in [0, 0.1) is 15.5 Å². The van der Waals surface area contributed by atoms with Gasteiger partial charge in [0.2, 0.25) is 0 Å². The molecule has 2 atom stereocenters. The Kier molecular flexibility index (Phi) is 4.20. The molecule has 0 aliphatic heterocycles. The van der Waals surface area contributed by atoms with E-state index in [9.17, 15) is 14.9 Å². The molecular formula is C14H17ClN2O4. The number of nitro benzene ring substituents is 1. The number of hydrogen-bond acceptors (Lipinski definition) is 4. The van der Waals surface area contributed by atoms with Gasteiger partial charge in [-0.05, 0) is 18.6 Å². The van der Waals surface area contributed by atoms with E-state index in [1.165, 1.54) is 18.2 Å². The Morgan fingerprint density at radius 3 is 2.71 bits per heavy atom. The minimum atomic E-state index is -0.588. The van der Waals surface area contributed by atoms with Crippen molar-refractivity contribution in [3.8, 4) is 0 Å². The molecule has 0 bridgehead atoms. The van der Waals surface area contributed by atoms with E-state index in [1.807, 2.05) is 13.8 Å². The second kappa shape index (κ2) is 5.61. The molecule has 0 aromatic heterocycles. The number of amides is 1. The number of carbonyl (C=O) groups is 1. The van der Waals surface area contributed by atoms with Crippen molar-refractivity contribution in [3.63, 3.8) is 0 Å². The summed E-state index contributed by atoms with van der Waals surface area (Å²) in [6.45, 7) is 3.98. The zero-order valence-corrected chi connectivity index (χ0v) is 12.8. The second-order valence-corrected chi connectivity index (χ2v) is 6.16. The summed E-state index contributed by atoms with van der Waals surface area (Å²) in [5.74, 6) is -0.489. The average Bonchev–Trinajstić information content (AvgIpc) is 2.42. The number of hydrogen-bond donors (Lipinski definition) is 1. The minimum absolute atomic E-state index is 0.0239. The summed E-state index contributed by atoms with van der Waals surface area (Å²) in [6, 6.07) is 3.86. The number of nitrogens with one attached hydrogen (secondary N) is 1. The number of nitro groups is 1. The fraction of sp³-hybridized carbons (Fsp3) is 0.500. The van der Waals surface area contributed by atoms with Gasteiger partial charge in [0.05, 0.1) is 11.0 Å². The molecule has 0 radical (unpaired) electrons. The first-order chi connectivity index (χ1) is 9.77. The SMILES string of the molecule is COC1CC(NC(=O)c2cc(Cl)ccc2[N+](=O)[O-])C1(C)C. The minimum Gasteiger partial charge on any atom is -0.381 e. The molecule has 0 saturated heterocycles. The van der Waals surface area contributed by atoms with Crippen LogP contribution in [0.15, 0.2) is 18.2 Å². The number of ether oxygens (including phenoxy) is 1. The third-order valence-corrected chi connectivity index (χ3v) is 4.40. The van der Waals surface area contributed by atoms with E-state index in [2.05, 4.69) is 5.32 Å². The van der Waals surface area contributed by atoms with Gasteiger partial charge in [0.15, 0.2) is 0 Å². The first kappa shape index (κ1) is 15.7. The molecule has 1 N–H and O–H groups in total. The molecule has 1 amide bonds. The first-order valence-corrected chi connectivity index (χ1v) is 6.92. The van der Waals surface area contributed by atoms with Crippen molar-refractivity contribution < 1.29 is 14.5 Å². The predicted octanol–water partition coefficient (Wildman–Crippen LogP) is 2.79. The average molecular weight is 313 g/mol. The Balaban J connectivity index is 2.19. The summed E-state index contributed by atoms with van der Waals surface area (Å²) in [5.41, 5.74) is -0.487. The lowest BCUT2D eigenvalue weighted by Gasteiger charge is -2.51. The predicted molar refractivity (Wildman–Crippen MR) is 78.6 cm³/mol. The molecule has 1 aliphatic carbocycles. The zero-order chi connectivity index (χ0) is 15.8. The van der Waals surface area contributed by atoms with Gasteiger partial charge < -0.3 is 10.1 Å². The topological polar surface area (TPSA) is 81.5 Å². The summed E-state index contributed by atoms with van der Waals surface area (Å²) >= 11 is 5.83. The summed E-state index contributed by atoms with van der Waals surface area (Å²) in [6.07, 6.45) is 0.751. The summed E-state index contributed by atoms with van der Waals surface area (Å²) in [7, 11) is 1.63. The first-order valence-electron chi connectivity index (χ1n) is 6.55. The monoisotopic (exact) mass is 312 g/mol. The van der Waals surface area contributed by atoms with E-state index >= 15 is 0 Å². The van der Waals surface area contributed by atoms with Crippen LogP contribution in [0.4, 0.5) is 5.69 Å². The van der Waals surface area contributed by atoms with Crippen molar-refractivity contribution in [2.24, 2.45) is 5.41 Å². The van der Waals surface area contributed by atoms with Crippen molar-refractivity contribution in [1.82, 2.24) is 5.32 Å². The maximum Gasteiger partial charge on any atom is 0.282 e. The molecule has 0 spiro atoms. The molecule has 1 aromatic carbocycles. The molecule has 6 nitrogen and oxygen atoms in total. The number of rotatable bonds is 4. The summed E-state index contributed by atoms with van der Waals surface area (Å²) < 4.78 is 5.32. The van der Waals surface area contributed by atoms with Crippen molar-refractivity contribution in [2.45, 2.75) is 32.4 Å². The van der Waals surface area contributed by atoms with E-state index in [-0.39, 0.29) is 33.8 Å². The van der Waals surface area contributed by atoms with Crippen LogP contribution in [-0.2, 0) is 4.74 Å². The quantitative estimate of drug-likeness (QED) is 0.684. The van der Waals surface area contributed by atoms with Crippen LogP contribution in [0.25, 0.3) is 0 Å². The standard InChI is InChI=1S/C14H17ClN2O4/c1-14(2)11(7-12(14)21-3)16-13(18)9-6-8(15)4-5-10(9)17(19)20/h4-6,11-12H,7H2,1-3H3,(H,16,18). The van der Waals surface area contributed by atoms with Gasteiger partial charge in [-0.3, -0.25) is 14.9 Å². The number of carbonyl (C=O) groups excluding carboxylic acids is 1. The largest absolute Gasteiger partial charge is 0.381 e. The molecular weight excluding hydrogens is 296 g/mol. The number of nitrogens with zero attached hydrogens (tertiary/aromatic N) is 1. The normalized spacial score (nSPS) is 23.2. The van der Waals surface area contributed by atoms with E-state index < -0.39 is 10.8 Å². The summed E-state index contributed by atoms with van der Waals surface area (Å²) in [4.78, 5) is 22.7. The number of methoxy groups -OCH3 is 1. The van der Waals surface area contributed by atoms with Crippen molar-refractivity contribution in [2.75, 3.05) is 7.11 Å². The van der Waals surface area contributed by atoms with Gasteiger partial charge in [-0.25, -0.2) is 0 Å². The van der Waals surface area contributed by atoms with Crippen LogP contribution in [0.3, 0.4) is 0 Å². The third kappa shape index (κ3) is 2.87. The van der Waals surface area contributed by atoms with Gasteiger partial charge in [0.1, 0.15) is 5.56 Å². The van der Waals surface area contributed by atoms with E-state index in [1.54, 1.807) is 7.11 Å². The molecule has 2 unspecified atom stereocenters. The molecule has 2 rings (SSSR count). The molecule has 0 heterocycles. The second-order valence-electron chi connectivity index (χ2n) is 5.73. The Morgan fingerprint density at radius 1 is 1.52 bits per heavy atom. The van der Waals surface area contributed by atoms with Crippen LogP contribution in [0.1, 0.15) is 30.6 Å². The Bertz CT molecular complexity index is 588. The van der Waals surface area contributed by atoms with Gasteiger partial charge in [0, 0.05) is 29.7 Å². The maximum atomic E-state index is 12.3. The zero-order valence-electron chi connectivity index (χ0n) is 12.1. The number of benzene rings is 1. The lowest BCUT2D eigenvalue weighted by molar-refractivity contribution is -0.385. The number of halogens is 1. The fourth-order valence-electron chi connectivity index (χ4n) is 2.62. The maximum absolute atomic E-state index is 12.3. The van der Waals surface area contributed by atoms with Crippen LogP contribution < -0.4 is 5.32 Å². The lowest BCUT2D eigenvalue weighted by atomic mass is 9.64. The van der Waals surface area contributed by atoms with E-state index in [0.717, 1.165) is 0 Å². The van der Waals surface area contributed by atoms with Crippen LogP contribution in [0.5, 0.6) is 0 Å². The Morgan fingerprint density at radius 2 is 2.19 bits per heavy atom. The van der Waals surface area contributed by atoms with Crippen LogP contribution in [0.2, 0.25) is 5.02 Å². The van der Waals surface area contributed by atoms with Crippen molar-refractivity contribution in [1.29, 1.82) is 0 Å². The van der Waals surface area contributed by atoms with E-state index in [0.29, 0.717) is 6.42 Å². The molecule has 7 heteroatoms. The van der Waals surface area contributed by atoms with E-state index in [4.69, 9.17) is 16.3 Å². The van der Waals surface area contributed by atoms with Gasteiger partial charge in [-0.15, -0.1) is 0 Å². The highest BCUT2D eigenvalue weighted by atomic mass is 35.5. The van der Waals surface area contributed by atoms with Crippen LogP contribution >= 0.6 is 11.6 Å². The molecule has 1 aliphatic rings. The third-order valence-electron chi connectivity index (χ3n) is 4.17. The highest BCUT2D eigenvalue weighted by molar-refractivity contribution is 6.31. The summed E-state index contributed by atoms with van der Waals surface area (Å²) in [5, 5.41) is 14.1. The van der Waals surface area contributed by atoms with Crippen molar-refractivity contribution in [3.05, 3.63) is 38.9 Å². The van der Waals surface area contributed by atoms with Gasteiger partial charge >= 0.3 is 0 Å². The lowest BCUT2D eigenvalue weighted by Crippen LogP contribution is -2.61. The fourth-order valence-corrected chi connectivity index (χ4v) is 2.79. The highest BCUT2D eigenvalue weighted by Gasteiger charge is 2.49. The van der Waals surface area contributed by atoms with Crippen LogP contribution in [-0.4, -0.2) is 30.1 Å². The van der Waals surface area contributed by atoms with Gasteiger partial charge in [-0.2, -0.15) is 0 Å². The Labute approximate surface area is 127 Å². The smallest absolute Gasteiger partial charge is 0.282 e. The molecule has 21 heavy (non-hydrogen) atoms.